The number of alkyl halides is 1. The van der Waals surface area contributed by atoms with Gasteiger partial charge in [-0.3, -0.25) is 9.80 Å². The highest BCUT2D eigenvalue weighted by Gasteiger charge is 2.40. The first kappa shape index (κ1) is 25.2. The summed E-state index contributed by atoms with van der Waals surface area (Å²) >= 11 is 0. The van der Waals surface area contributed by atoms with Crippen LogP contribution in [0.2, 0.25) is 0 Å². The van der Waals surface area contributed by atoms with Crippen LogP contribution < -0.4 is 5.32 Å². The summed E-state index contributed by atoms with van der Waals surface area (Å²) in [5.74, 6) is -1.20. The molecule has 194 valence electrons. The van der Waals surface area contributed by atoms with E-state index in [1.807, 2.05) is 42.2 Å². The van der Waals surface area contributed by atoms with Gasteiger partial charge in [0, 0.05) is 54.7 Å². The summed E-state index contributed by atoms with van der Waals surface area (Å²) in [6, 6.07) is 12.1. The summed E-state index contributed by atoms with van der Waals surface area (Å²) in [7, 11) is 0. The van der Waals surface area contributed by atoms with Gasteiger partial charge in [-0.2, -0.15) is 0 Å². The van der Waals surface area contributed by atoms with E-state index in [9.17, 15) is 4.39 Å². The Labute approximate surface area is 212 Å². The second-order valence-electron chi connectivity index (χ2n) is 11.2. The molecule has 1 aromatic heterocycles. The van der Waals surface area contributed by atoms with Gasteiger partial charge in [0.1, 0.15) is 17.3 Å². The fraction of sp³-hybridized carbons (Fsp3) is 0.517. The van der Waals surface area contributed by atoms with E-state index < -0.39 is 23.3 Å². The van der Waals surface area contributed by atoms with Gasteiger partial charge < -0.3 is 9.88 Å². The number of rotatable bonds is 8. The molecule has 0 radical (unpaired) electrons. The highest BCUT2D eigenvalue weighted by Crippen LogP contribution is 2.42. The molecule has 0 amide bonds. The van der Waals surface area contributed by atoms with Gasteiger partial charge in [-0.25, -0.2) is 13.2 Å². The van der Waals surface area contributed by atoms with Crippen molar-refractivity contribution in [3.63, 3.8) is 0 Å². The van der Waals surface area contributed by atoms with Crippen LogP contribution in [0.5, 0.6) is 0 Å². The maximum absolute atomic E-state index is 15.8. The van der Waals surface area contributed by atoms with Crippen LogP contribution in [0.25, 0.3) is 10.9 Å². The van der Waals surface area contributed by atoms with Crippen molar-refractivity contribution in [3.05, 3.63) is 65.4 Å². The number of nitrogens with zero attached hydrogens (tertiary/aromatic N) is 3. The zero-order valence-electron chi connectivity index (χ0n) is 21.7. The average molecular weight is 499 g/mol. The van der Waals surface area contributed by atoms with Gasteiger partial charge in [-0.15, -0.1) is 0 Å². The minimum Gasteiger partial charge on any atom is -0.380 e. The number of nitrogens with one attached hydrogen (secondary N) is 1. The highest BCUT2D eigenvalue weighted by molar-refractivity contribution is 5.82. The Hall–Kier alpha value is -2.51. The molecule has 0 spiro atoms. The first-order valence-electron chi connectivity index (χ1n) is 13.1. The van der Waals surface area contributed by atoms with E-state index in [0.717, 1.165) is 49.1 Å². The van der Waals surface area contributed by atoms with E-state index in [4.69, 9.17) is 0 Å². The minimum absolute atomic E-state index is 0.0152. The van der Waals surface area contributed by atoms with Crippen LogP contribution in [0, 0.1) is 11.6 Å². The molecule has 1 saturated heterocycles. The number of anilines is 1. The molecule has 36 heavy (non-hydrogen) atoms. The van der Waals surface area contributed by atoms with E-state index in [1.54, 1.807) is 0 Å². The fourth-order valence-electron chi connectivity index (χ4n) is 5.84. The third-order valence-electron chi connectivity index (χ3n) is 7.53. The Morgan fingerprint density at radius 1 is 1.03 bits per heavy atom. The van der Waals surface area contributed by atoms with E-state index in [-0.39, 0.29) is 24.2 Å². The maximum atomic E-state index is 15.8. The number of fused-ring (bicyclic) bond motifs is 3. The van der Waals surface area contributed by atoms with Gasteiger partial charge in [0.2, 0.25) is 0 Å². The molecule has 1 N–H and O–H groups in total. The van der Waals surface area contributed by atoms with Gasteiger partial charge >= 0.3 is 0 Å². The standard InChI is InChI=1S/C29H37F3N4/c1-5-6-11-34-16-22(17-34)33-21-13-23(30)27(24(31)14-21)28-26-12-20-9-7-8-10-25(20)35(26)15-19(2)36(28)18-29(3,4)32/h7-10,12-14,19,22,28,33H,5-6,11,15-18H2,1-4H3/t19-,28+/m1/s1. The number of hydrogen-bond acceptors (Lipinski definition) is 3. The summed E-state index contributed by atoms with van der Waals surface area (Å²) in [6.07, 6.45) is 2.31. The molecule has 0 bridgehead atoms. The lowest BCUT2D eigenvalue weighted by molar-refractivity contribution is 0.0507. The van der Waals surface area contributed by atoms with E-state index in [2.05, 4.69) is 21.7 Å². The first-order valence-corrected chi connectivity index (χ1v) is 13.1. The van der Waals surface area contributed by atoms with Gasteiger partial charge in [0.25, 0.3) is 0 Å². The molecule has 7 heteroatoms. The van der Waals surface area contributed by atoms with Crippen molar-refractivity contribution in [2.75, 3.05) is 31.5 Å². The number of para-hydroxylation sites is 1. The number of halogens is 3. The van der Waals surface area contributed by atoms with Gasteiger partial charge in [-0.1, -0.05) is 31.5 Å². The van der Waals surface area contributed by atoms with Crippen molar-refractivity contribution in [2.24, 2.45) is 0 Å². The zero-order valence-corrected chi connectivity index (χ0v) is 21.7. The molecule has 0 unspecified atom stereocenters. The van der Waals surface area contributed by atoms with Gasteiger partial charge in [0.05, 0.1) is 12.1 Å². The Bertz CT molecular complexity index is 1200. The molecule has 0 saturated carbocycles. The molecule has 1 fully saturated rings. The predicted molar refractivity (Wildman–Crippen MR) is 140 cm³/mol. The average Bonchev–Trinajstić information content (AvgIpc) is 3.14. The zero-order chi connectivity index (χ0) is 25.6. The van der Waals surface area contributed by atoms with E-state index >= 15 is 8.78 Å². The molecule has 3 aromatic rings. The van der Waals surface area contributed by atoms with Crippen LogP contribution in [-0.4, -0.2) is 58.3 Å². The molecular formula is C29H37F3N4. The molecule has 2 aliphatic heterocycles. The first-order chi connectivity index (χ1) is 17.1. The molecule has 2 aromatic carbocycles. The van der Waals surface area contributed by atoms with Crippen molar-refractivity contribution in [1.29, 1.82) is 0 Å². The van der Waals surface area contributed by atoms with Gasteiger partial charge in [-0.05, 0) is 63.4 Å². The number of unbranched alkanes of at least 4 members (excludes halogenated alkanes) is 1. The molecule has 3 heterocycles. The second kappa shape index (κ2) is 9.75. The molecular weight excluding hydrogens is 461 g/mol. The Kier molecular flexibility index (Phi) is 6.81. The number of aromatic nitrogens is 1. The summed E-state index contributed by atoms with van der Waals surface area (Å²) in [5, 5.41) is 4.31. The summed E-state index contributed by atoms with van der Waals surface area (Å²) in [4.78, 5) is 4.27. The van der Waals surface area contributed by atoms with Gasteiger partial charge in [0.15, 0.2) is 0 Å². The smallest absolute Gasteiger partial charge is 0.133 e. The van der Waals surface area contributed by atoms with Crippen LogP contribution in [0.3, 0.4) is 0 Å². The minimum atomic E-state index is -1.51. The monoisotopic (exact) mass is 498 g/mol. The normalized spacial score (nSPS) is 21.5. The third-order valence-corrected chi connectivity index (χ3v) is 7.53. The molecule has 0 aliphatic carbocycles. The molecule has 2 atom stereocenters. The predicted octanol–water partition coefficient (Wildman–Crippen LogP) is 6.36. The molecule has 2 aliphatic rings. The highest BCUT2D eigenvalue weighted by atomic mass is 19.1. The number of likely N-dealkylation sites (tertiary alicyclic amines) is 1. The van der Waals surface area contributed by atoms with Crippen LogP contribution in [0.1, 0.15) is 57.8 Å². The third kappa shape index (κ3) is 4.88. The maximum Gasteiger partial charge on any atom is 0.133 e. The second-order valence-corrected chi connectivity index (χ2v) is 11.2. The summed E-state index contributed by atoms with van der Waals surface area (Å²) in [5.41, 5.74) is 0.750. The van der Waals surface area contributed by atoms with Crippen molar-refractivity contribution >= 4 is 16.6 Å². The van der Waals surface area contributed by atoms with Crippen LogP contribution in [-0.2, 0) is 6.54 Å². The lowest BCUT2D eigenvalue weighted by atomic mass is 9.94. The lowest BCUT2D eigenvalue weighted by Gasteiger charge is -2.44. The molecule has 4 nitrogen and oxygen atoms in total. The van der Waals surface area contributed by atoms with Crippen LogP contribution in [0.4, 0.5) is 18.9 Å². The number of benzene rings is 2. The Balaban J connectivity index is 1.50. The van der Waals surface area contributed by atoms with Crippen molar-refractivity contribution in [3.8, 4) is 0 Å². The fourth-order valence-corrected chi connectivity index (χ4v) is 5.84. The Morgan fingerprint density at radius 2 is 1.72 bits per heavy atom. The van der Waals surface area contributed by atoms with Crippen molar-refractivity contribution < 1.29 is 13.2 Å². The molecule has 5 rings (SSSR count). The van der Waals surface area contributed by atoms with Crippen LogP contribution >= 0.6 is 0 Å². The SMILES string of the molecule is CCCCN1CC(Nc2cc(F)c([C@@H]3c4cc5ccccc5n4C[C@@H](C)N3CC(C)(C)F)c(F)c2)C1. The van der Waals surface area contributed by atoms with E-state index in [1.165, 1.54) is 26.0 Å². The van der Waals surface area contributed by atoms with Crippen LogP contribution in [0.15, 0.2) is 42.5 Å². The summed E-state index contributed by atoms with van der Waals surface area (Å²) < 4.78 is 48.6. The van der Waals surface area contributed by atoms with Crippen molar-refractivity contribution in [2.45, 2.75) is 70.9 Å². The lowest BCUT2D eigenvalue weighted by Crippen LogP contribution is -2.54. The summed E-state index contributed by atoms with van der Waals surface area (Å²) in [6.45, 7) is 10.7. The Morgan fingerprint density at radius 3 is 2.39 bits per heavy atom. The largest absolute Gasteiger partial charge is 0.380 e. The van der Waals surface area contributed by atoms with E-state index in [0.29, 0.717) is 12.2 Å². The number of hydrogen-bond donors (Lipinski definition) is 1. The topological polar surface area (TPSA) is 23.4 Å². The quantitative estimate of drug-likeness (QED) is 0.391. The van der Waals surface area contributed by atoms with Crippen molar-refractivity contribution in [1.82, 2.24) is 14.4 Å².